The van der Waals surface area contributed by atoms with Crippen LogP contribution in [0.3, 0.4) is 0 Å². The number of ether oxygens (including phenoxy) is 1. The van der Waals surface area contributed by atoms with E-state index in [1.54, 1.807) is 48.5 Å². The highest BCUT2D eigenvalue weighted by Gasteiger charge is 2.51. The molecule has 3 aromatic rings. The van der Waals surface area contributed by atoms with Gasteiger partial charge in [-0.2, -0.15) is 0 Å². The Labute approximate surface area is 201 Å². The molecule has 0 aliphatic carbocycles. The topological polar surface area (TPSA) is 27.7 Å². The number of hydrogen-bond acceptors (Lipinski definition) is 3. The summed E-state index contributed by atoms with van der Waals surface area (Å²) in [5, 5.41) is 0. The fourth-order valence-corrected chi connectivity index (χ4v) is 3.86. The molecule has 0 spiro atoms. The second-order valence-corrected chi connectivity index (χ2v) is 9.73. The van der Waals surface area contributed by atoms with E-state index in [2.05, 4.69) is 6.92 Å². The molecule has 0 bridgehead atoms. The van der Waals surface area contributed by atoms with Crippen LogP contribution in [-0.4, -0.2) is 24.9 Å². The molecule has 1 fully saturated rings. The molecule has 0 atom stereocenters. The summed E-state index contributed by atoms with van der Waals surface area (Å²) in [5.41, 5.74) is 1.56. The molecule has 1 saturated heterocycles. The van der Waals surface area contributed by atoms with Crippen LogP contribution in [0, 0.1) is 11.6 Å². The van der Waals surface area contributed by atoms with E-state index in [0.717, 1.165) is 24.1 Å². The molecule has 6 heteroatoms. The maximum atomic E-state index is 15.1. The van der Waals surface area contributed by atoms with Crippen LogP contribution in [0.15, 0.2) is 60.7 Å². The van der Waals surface area contributed by atoms with E-state index < -0.39 is 30.0 Å². The van der Waals surface area contributed by atoms with Crippen molar-refractivity contribution in [1.29, 1.82) is 0 Å². The molecule has 0 radical (unpaired) electrons. The first kappa shape index (κ1) is 24.4. The minimum Gasteiger partial charge on any atom is -0.494 e. The molecular weight excluding hydrogens is 433 g/mol. The van der Waals surface area contributed by atoms with E-state index >= 15 is 8.78 Å². The highest BCUT2D eigenvalue weighted by atomic mass is 19.2. The lowest BCUT2D eigenvalue weighted by Gasteiger charge is -2.32. The van der Waals surface area contributed by atoms with Gasteiger partial charge in [0.15, 0.2) is 11.6 Å². The summed E-state index contributed by atoms with van der Waals surface area (Å²) in [6.45, 7) is 10.7. The van der Waals surface area contributed by atoms with E-state index in [9.17, 15) is 0 Å². The molecule has 1 aliphatic rings. The van der Waals surface area contributed by atoms with Gasteiger partial charge in [-0.15, -0.1) is 0 Å². The number of benzene rings is 3. The van der Waals surface area contributed by atoms with Crippen LogP contribution in [-0.2, 0) is 9.31 Å². The van der Waals surface area contributed by atoms with Crippen LogP contribution in [0.1, 0.15) is 47.5 Å². The molecule has 0 saturated carbocycles. The highest BCUT2D eigenvalue weighted by molar-refractivity contribution is 6.62. The molecule has 1 heterocycles. The van der Waals surface area contributed by atoms with Gasteiger partial charge in [0.2, 0.25) is 0 Å². The first-order chi connectivity index (χ1) is 16.1. The van der Waals surface area contributed by atoms with Crippen molar-refractivity contribution in [3.05, 3.63) is 72.3 Å². The summed E-state index contributed by atoms with van der Waals surface area (Å²) in [4.78, 5) is 0. The Morgan fingerprint density at radius 1 is 0.735 bits per heavy atom. The summed E-state index contributed by atoms with van der Waals surface area (Å²) in [6, 6.07) is 17.5. The van der Waals surface area contributed by atoms with Crippen molar-refractivity contribution < 1.29 is 22.8 Å². The number of unbranched alkanes of at least 4 members (excludes halogenated alkanes) is 1. The number of rotatable bonds is 7. The lowest BCUT2D eigenvalue weighted by atomic mass is 9.78. The first-order valence-electron chi connectivity index (χ1n) is 11.8. The van der Waals surface area contributed by atoms with Gasteiger partial charge in [0.25, 0.3) is 0 Å². The van der Waals surface area contributed by atoms with E-state index in [-0.39, 0.29) is 11.1 Å². The van der Waals surface area contributed by atoms with Crippen molar-refractivity contribution in [3.63, 3.8) is 0 Å². The van der Waals surface area contributed by atoms with Gasteiger partial charge < -0.3 is 14.0 Å². The Bertz CT molecular complexity index is 1130. The molecule has 1 aliphatic heterocycles. The van der Waals surface area contributed by atoms with Gasteiger partial charge in [-0.05, 0) is 62.8 Å². The third-order valence-electron chi connectivity index (χ3n) is 6.76. The number of hydrogen-bond donors (Lipinski definition) is 0. The van der Waals surface area contributed by atoms with E-state index in [4.69, 9.17) is 14.0 Å². The van der Waals surface area contributed by atoms with E-state index in [1.807, 2.05) is 39.8 Å². The van der Waals surface area contributed by atoms with Crippen molar-refractivity contribution in [3.8, 4) is 28.0 Å². The van der Waals surface area contributed by atoms with Crippen molar-refractivity contribution in [2.45, 2.75) is 58.7 Å². The average molecular weight is 464 g/mol. The van der Waals surface area contributed by atoms with E-state index in [0.29, 0.717) is 17.7 Å². The van der Waals surface area contributed by atoms with Crippen LogP contribution < -0.4 is 10.2 Å². The van der Waals surface area contributed by atoms with Crippen molar-refractivity contribution in [1.82, 2.24) is 0 Å². The maximum Gasteiger partial charge on any atom is 0.494 e. The van der Waals surface area contributed by atoms with Crippen LogP contribution in [0.2, 0.25) is 0 Å². The van der Waals surface area contributed by atoms with Crippen LogP contribution in [0.4, 0.5) is 8.78 Å². The van der Waals surface area contributed by atoms with Gasteiger partial charge in [0, 0.05) is 11.1 Å². The average Bonchev–Trinajstić information content (AvgIpc) is 3.03. The molecule has 34 heavy (non-hydrogen) atoms. The highest BCUT2D eigenvalue weighted by Crippen LogP contribution is 2.37. The second kappa shape index (κ2) is 9.51. The van der Waals surface area contributed by atoms with Gasteiger partial charge >= 0.3 is 7.12 Å². The third kappa shape index (κ3) is 4.75. The quantitative estimate of drug-likeness (QED) is 0.285. The normalized spacial score (nSPS) is 16.6. The minimum absolute atomic E-state index is 0.209. The standard InChI is InChI=1S/C28H31BF2O3/c1-6-7-18-32-22-14-10-20(11-15-22)24-17-16-23(25(30)26(24)31)19-8-12-21(13-9-19)29-33-27(2,3)28(4,5)34-29/h8-17H,6-7,18H2,1-5H3. The Kier molecular flexibility index (Phi) is 6.84. The van der Waals surface area contributed by atoms with Gasteiger partial charge in [-0.3, -0.25) is 0 Å². The molecule has 3 aromatic carbocycles. The molecule has 0 unspecified atom stereocenters. The second-order valence-electron chi connectivity index (χ2n) is 9.73. The molecule has 178 valence electrons. The SMILES string of the molecule is CCCCOc1ccc(-c2ccc(-c3ccc(B4OC(C)(C)C(C)(C)O4)cc3)c(F)c2F)cc1. The van der Waals surface area contributed by atoms with Crippen molar-refractivity contribution >= 4 is 12.6 Å². The smallest absolute Gasteiger partial charge is 0.494 e. The van der Waals surface area contributed by atoms with Gasteiger partial charge in [0.05, 0.1) is 17.8 Å². The zero-order valence-electron chi connectivity index (χ0n) is 20.5. The largest absolute Gasteiger partial charge is 0.494 e. The molecular formula is C28H31BF2O3. The Balaban J connectivity index is 1.53. The first-order valence-corrected chi connectivity index (χ1v) is 11.8. The van der Waals surface area contributed by atoms with Crippen LogP contribution in [0.5, 0.6) is 5.75 Å². The predicted molar refractivity (Wildman–Crippen MR) is 133 cm³/mol. The summed E-state index contributed by atoms with van der Waals surface area (Å²) in [6.07, 6.45) is 2.02. The monoisotopic (exact) mass is 464 g/mol. The summed E-state index contributed by atoms with van der Waals surface area (Å²) >= 11 is 0. The maximum absolute atomic E-state index is 15.1. The Morgan fingerprint density at radius 3 is 1.68 bits per heavy atom. The van der Waals surface area contributed by atoms with Crippen molar-refractivity contribution in [2.75, 3.05) is 6.61 Å². The summed E-state index contributed by atoms with van der Waals surface area (Å²) < 4.78 is 47.9. The molecule has 0 amide bonds. The fourth-order valence-electron chi connectivity index (χ4n) is 3.86. The van der Waals surface area contributed by atoms with Crippen molar-refractivity contribution in [2.24, 2.45) is 0 Å². The summed E-state index contributed by atoms with van der Waals surface area (Å²) in [7, 11) is -0.503. The van der Waals surface area contributed by atoms with Crippen LogP contribution >= 0.6 is 0 Å². The van der Waals surface area contributed by atoms with Gasteiger partial charge in [-0.1, -0.05) is 61.9 Å². The molecule has 0 aromatic heterocycles. The zero-order chi connectivity index (χ0) is 24.5. The van der Waals surface area contributed by atoms with Gasteiger partial charge in [-0.25, -0.2) is 8.78 Å². The molecule has 4 rings (SSSR count). The third-order valence-corrected chi connectivity index (χ3v) is 6.76. The van der Waals surface area contributed by atoms with E-state index in [1.165, 1.54) is 0 Å². The predicted octanol–water partition coefficient (Wildman–Crippen LogP) is 6.78. The Hall–Kier alpha value is -2.70. The summed E-state index contributed by atoms with van der Waals surface area (Å²) in [5.74, 6) is -1.02. The Morgan fingerprint density at radius 2 is 1.21 bits per heavy atom. The lowest BCUT2D eigenvalue weighted by Crippen LogP contribution is -2.41. The molecule has 0 N–H and O–H groups in total. The zero-order valence-corrected chi connectivity index (χ0v) is 20.5. The van der Waals surface area contributed by atoms with Crippen LogP contribution in [0.25, 0.3) is 22.3 Å². The molecule has 3 nitrogen and oxygen atoms in total. The van der Waals surface area contributed by atoms with Gasteiger partial charge in [0.1, 0.15) is 5.75 Å². The number of halogens is 2. The minimum atomic E-state index is -0.871. The lowest BCUT2D eigenvalue weighted by molar-refractivity contribution is 0.00578. The fraction of sp³-hybridized carbons (Fsp3) is 0.357.